The van der Waals surface area contributed by atoms with Gasteiger partial charge in [-0.05, 0) is 35.9 Å². The van der Waals surface area contributed by atoms with Crippen molar-refractivity contribution in [2.45, 2.75) is 13.2 Å². The molecule has 0 aromatic heterocycles. The summed E-state index contributed by atoms with van der Waals surface area (Å²) in [5, 5.41) is 11.1. The van der Waals surface area contributed by atoms with Crippen LogP contribution in [-0.4, -0.2) is 4.92 Å². The van der Waals surface area contributed by atoms with Gasteiger partial charge in [-0.1, -0.05) is 30.3 Å². The van der Waals surface area contributed by atoms with Crippen LogP contribution in [0.3, 0.4) is 0 Å². The second kappa shape index (κ2) is 8.77. The fraction of sp³-hybridized carbons (Fsp3) is 0.100. The molecule has 0 aliphatic heterocycles. The van der Waals surface area contributed by atoms with E-state index in [4.69, 9.17) is 4.74 Å². The molecule has 3 aromatic carbocycles. The minimum atomic E-state index is -0.454. The van der Waals surface area contributed by atoms with Gasteiger partial charge in [-0.15, -0.1) is 0 Å². The highest BCUT2D eigenvalue weighted by Crippen LogP contribution is 2.25. The number of anilines is 1. The number of hydrogen-bond donors (Lipinski definition) is 2. The maximum absolute atomic E-state index is 13.3. The molecular formula is C20H18FN3O3. The molecule has 0 radical (unpaired) electrons. The molecule has 0 aliphatic rings. The Bertz CT molecular complexity index is 919. The predicted molar refractivity (Wildman–Crippen MR) is 101 cm³/mol. The van der Waals surface area contributed by atoms with Crippen LogP contribution in [0.25, 0.3) is 0 Å². The summed E-state index contributed by atoms with van der Waals surface area (Å²) < 4.78 is 19.1. The molecule has 2 N–H and O–H groups in total. The number of nitrogens with zero attached hydrogens (tertiary/aromatic N) is 1. The van der Waals surface area contributed by atoms with Crippen molar-refractivity contribution in [1.29, 1.82) is 0 Å². The van der Waals surface area contributed by atoms with E-state index in [-0.39, 0.29) is 18.1 Å². The highest BCUT2D eigenvalue weighted by atomic mass is 19.1. The third kappa shape index (κ3) is 5.26. The van der Waals surface area contributed by atoms with Gasteiger partial charge in [0, 0.05) is 29.9 Å². The number of ether oxygens (including phenoxy) is 1. The number of nitro groups is 1. The molecule has 6 nitrogen and oxygen atoms in total. The van der Waals surface area contributed by atoms with Gasteiger partial charge in [0.15, 0.2) is 0 Å². The Hall–Kier alpha value is -3.45. The molecule has 3 aromatic rings. The van der Waals surface area contributed by atoms with E-state index >= 15 is 0 Å². The van der Waals surface area contributed by atoms with Crippen LogP contribution in [-0.2, 0) is 13.2 Å². The fourth-order valence-corrected chi connectivity index (χ4v) is 2.51. The van der Waals surface area contributed by atoms with E-state index in [1.165, 1.54) is 24.3 Å². The summed E-state index contributed by atoms with van der Waals surface area (Å²) in [6.07, 6.45) is 0. The molecule has 138 valence electrons. The van der Waals surface area contributed by atoms with Gasteiger partial charge in [-0.2, -0.15) is 0 Å². The van der Waals surface area contributed by atoms with Crippen molar-refractivity contribution in [1.82, 2.24) is 5.43 Å². The molecule has 27 heavy (non-hydrogen) atoms. The molecule has 0 atom stereocenters. The van der Waals surface area contributed by atoms with Gasteiger partial charge >= 0.3 is 0 Å². The zero-order valence-corrected chi connectivity index (χ0v) is 14.4. The zero-order valence-electron chi connectivity index (χ0n) is 14.4. The maximum Gasteiger partial charge on any atom is 0.270 e. The highest BCUT2D eigenvalue weighted by molar-refractivity contribution is 5.45. The lowest BCUT2D eigenvalue weighted by molar-refractivity contribution is -0.384. The zero-order chi connectivity index (χ0) is 19.1. The number of nitrogens with one attached hydrogen (secondary N) is 2. The topological polar surface area (TPSA) is 76.4 Å². The number of hydrogen-bond acceptors (Lipinski definition) is 5. The minimum Gasteiger partial charge on any atom is -0.489 e. The Labute approximate surface area is 155 Å². The number of benzene rings is 3. The van der Waals surface area contributed by atoms with E-state index in [0.717, 1.165) is 5.69 Å². The molecule has 7 heteroatoms. The van der Waals surface area contributed by atoms with Crippen LogP contribution >= 0.6 is 0 Å². The Balaban J connectivity index is 1.71. The van der Waals surface area contributed by atoms with Crippen molar-refractivity contribution in [2.24, 2.45) is 0 Å². The second-order valence-electron chi connectivity index (χ2n) is 5.81. The minimum absolute atomic E-state index is 0.0235. The summed E-state index contributed by atoms with van der Waals surface area (Å²) in [7, 11) is 0. The summed E-state index contributed by atoms with van der Waals surface area (Å²) in [6.45, 7) is 0.462. The highest BCUT2D eigenvalue weighted by Gasteiger charge is 2.12. The molecule has 0 saturated heterocycles. The van der Waals surface area contributed by atoms with Gasteiger partial charge in [-0.3, -0.25) is 10.1 Å². The van der Waals surface area contributed by atoms with Crippen LogP contribution < -0.4 is 15.6 Å². The van der Waals surface area contributed by atoms with Crippen LogP contribution in [0.1, 0.15) is 11.1 Å². The Kier molecular flexibility index (Phi) is 5.96. The van der Waals surface area contributed by atoms with Crippen molar-refractivity contribution in [2.75, 3.05) is 5.43 Å². The number of non-ortho nitro benzene ring substituents is 1. The van der Waals surface area contributed by atoms with E-state index in [0.29, 0.717) is 23.4 Å². The largest absolute Gasteiger partial charge is 0.489 e. The first-order valence-corrected chi connectivity index (χ1v) is 8.30. The smallest absolute Gasteiger partial charge is 0.270 e. The average Bonchev–Trinajstić information content (AvgIpc) is 2.67. The summed E-state index contributed by atoms with van der Waals surface area (Å²) >= 11 is 0. The quantitative estimate of drug-likeness (QED) is 0.455. The molecule has 0 heterocycles. The first-order valence-electron chi connectivity index (χ1n) is 8.30. The van der Waals surface area contributed by atoms with Gasteiger partial charge in [0.25, 0.3) is 5.69 Å². The lowest BCUT2D eigenvalue weighted by Crippen LogP contribution is -2.21. The van der Waals surface area contributed by atoms with Crippen LogP contribution in [0.15, 0.2) is 72.8 Å². The van der Waals surface area contributed by atoms with Gasteiger partial charge in [0.05, 0.1) is 4.92 Å². The van der Waals surface area contributed by atoms with E-state index in [1.807, 2.05) is 30.3 Å². The van der Waals surface area contributed by atoms with Crippen LogP contribution in [0, 0.1) is 15.9 Å². The third-order valence-electron chi connectivity index (χ3n) is 3.82. The van der Waals surface area contributed by atoms with Gasteiger partial charge in [-0.25, -0.2) is 9.82 Å². The lowest BCUT2D eigenvalue weighted by Gasteiger charge is -2.13. The third-order valence-corrected chi connectivity index (χ3v) is 3.82. The molecule has 0 amide bonds. The molecule has 0 saturated carbocycles. The molecule has 0 aliphatic carbocycles. The number of para-hydroxylation sites is 1. The first kappa shape index (κ1) is 18.3. The molecule has 0 spiro atoms. The Morgan fingerprint density at radius 2 is 1.81 bits per heavy atom. The summed E-state index contributed by atoms with van der Waals surface area (Å²) in [5.41, 5.74) is 8.18. The van der Waals surface area contributed by atoms with E-state index in [2.05, 4.69) is 10.9 Å². The number of halogens is 1. The standard InChI is InChI=1S/C20H18FN3O3/c21-17-6-4-5-15(11-17)14-27-20-10-9-19(24(25)26)12-16(20)13-22-23-18-7-2-1-3-8-18/h1-12,22-23H,13-14H2. The van der Waals surface area contributed by atoms with E-state index in [9.17, 15) is 14.5 Å². The van der Waals surface area contributed by atoms with Crippen molar-refractivity contribution in [3.63, 3.8) is 0 Å². The van der Waals surface area contributed by atoms with Crippen molar-refractivity contribution in [3.8, 4) is 5.75 Å². The van der Waals surface area contributed by atoms with Gasteiger partial charge in [0.2, 0.25) is 0 Å². The number of hydrazine groups is 1. The SMILES string of the molecule is O=[N+]([O-])c1ccc(OCc2cccc(F)c2)c(CNNc2ccccc2)c1. The summed E-state index contributed by atoms with van der Waals surface area (Å²) in [6, 6.07) is 20.0. The molecule has 0 unspecified atom stereocenters. The van der Waals surface area contributed by atoms with Crippen LogP contribution in [0.2, 0.25) is 0 Å². The van der Waals surface area contributed by atoms with E-state index < -0.39 is 4.92 Å². The van der Waals surface area contributed by atoms with Crippen LogP contribution in [0.5, 0.6) is 5.75 Å². The van der Waals surface area contributed by atoms with Crippen molar-refractivity contribution >= 4 is 11.4 Å². The summed E-state index contributed by atoms with van der Waals surface area (Å²) in [5.74, 6) is 0.154. The van der Waals surface area contributed by atoms with Crippen molar-refractivity contribution in [3.05, 3.63) is 99.9 Å². The second-order valence-corrected chi connectivity index (χ2v) is 5.81. The number of rotatable bonds is 8. The normalized spacial score (nSPS) is 10.4. The fourth-order valence-electron chi connectivity index (χ4n) is 2.51. The number of nitro benzene ring substituents is 1. The Morgan fingerprint density at radius 1 is 1.00 bits per heavy atom. The molecular weight excluding hydrogens is 349 g/mol. The maximum atomic E-state index is 13.3. The molecule has 0 bridgehead atoms. The summed E-state index contributed by atoms with van der Waals surface area (Å²) in [4.78, 5) is 10.6. The van der Waals surface area contributed by atoms with Crippen LogP contribution in [0.4, 0.5) is 15.8 Å². The van der Waals surface area contributed by atoms with Gasteiger partial charge in [0.1, 0.15) is 18.2 Å². The molecule has 0 fully saturated rings. The Morgan fingerprint density at radius 3 is 2.56 bits per heavy atom. The van der Waals surface area contributed by atoms with Crippen molar-refractivity contribution < 1.29 is 14.1 Å². The lowest BCUT2D eigenvalue weighted by atomic mass is 10.1. The monoisotopic (exact) mass is 367 g/mol. The predicted octanol–water partition coefficient (Wildman–Crippen LogP) is 4.43. The molecule has 3 rings (SSSR count). The first-order chi connectivity index (χ1) is 13.1. The van der Waals surface area contributed by atoms with Gasteiger partial charge < -0.3 is 10.2 Å². The van der Waals surface area contributed by atoms with E-state index in [1.54, 1.807) is 18.2 Å². The average molecular weight is 367 g/mol.